The lowest BCUT2D eigenvalue weighted by molar-refractivity contribution is -0.0925. The van der Waals surface area contributed by atoms with Gasteiger partial charge in [0.2, 0.25) is 0 Å². The van der Waals surface area contributed by atoms with E-state index in [-0.39, 0.29) is 11.1 Å². The average Bonchev–Trinajstić information content (AvgIpc) is 2.14. The zero-order valence-electron chi connectivity index (χ0n) is 8.52. The average molecular weight is 213 g/mol. The molecule has 1 aliphatic rings. The second kappa shape index (κ2) is 3.77. The first-order valence-electron chi connectivity index (χ1n) is 4.86. The van der Waals surface area contributed by atoms with E-state index in [2.05, 4.69) is 5.32 Å². The van der Waals surface area contributed by atoms with Crippen LogP contribution in [0.5, 0.6) is 0 Å². The molecule has 0 spiro atoms. The quantitative estimate of drug-likeness (QED) is 0.832. The second-order valence-electron chi connectivity index (χ2n) is 4.25. The molecule has 1 aromatic carbocycles. The highest BCUT2D eigenvalue weighted by Crippen LogP contribution is 2.28. The van der Waals surface area contributed by atoms with Crippen LogP contribution in [0.3, 0.4) is 0 Å². The van der Waals surface area contributed by atoms with Gasteiger partial charge in [-0.15, -0.1) is 0 Å². The minimum atomic E-state index is -0.557. The van der Waals surface area contributed by atoms with Gasteiger partial charge < -0.3 is 10.1 Å². The topological polar surface area (TPSA) is 21.3 Å². The normalized spacial score (nSPS) is 18.3. The van der Waals surface area contributed by atoms with E-state index in [9.17, 15) is 8.78 Å². The summed E-state index contributed by atoms with van der Waals surface area (Å²) in [5.41, 5.74) is -0.0556. The number of para-hydroxylation sites is 1. The predicted molar refractivity (Wildman–Crippen MR) is 53.8 cm³/mol. The van der Waals surface area contributed by atoms with Crippen LogP contribution in [0.4, 0.5) is 14.5 Å². The summed E-state index contributed by atoms with van der Waals surface area (Å²) < 4.78 is 31.5. The number of hydrogen-bond donors (Lipinski definition) is 1. The van der Waals surface area contributed by atoms with Crippen molar-refractivity contribution in [2.75, 3.05) is 25.1 Å². The van der Waals surface area contributed by atoms with Crippen LogP contribution in [0.25, 0.3) is 0 Å². The molecule has 0 atom stereocenters. The Morgan fingerprint density at radius 1 is 1.33 bits per heavy atom. The summed E-state index contributed by atoms with van der Waals surface area (Å²) in [6.07, 6.45) is 0. The standard InChI is InChI=1S/C11H13F2NO/c1-11(6-15-7-11)5-14-10-8(12)3-2-4-9(10)13/h2-4,14H,5-7H2,1H3. The maximum absolute atomic E-state index is 13.2. The van der Waals surface area contributed by atoms with Crippen molar-refractivity contribution in [2.45, 2.75) is 6.92 Å². The summed E-state index contributed by atoms with van der Waals surface area (Å²) in [4.78, 5) is 0. The molecule has 2 rings (SSSR count). The van der Waals surface area contributed by atoms with Crippen molar-refractivity contribution in [3.8, 4) is 0 Å². The van der Waals surface area contributed by atoms with Gasteiger partial charge in [-0.3, -0.25) is 0 Å². The Labute approximate surface area is 87.2 Å². The molecule has 0 amide bonds. The SMILES string of the molecule is CC1(CNc2c(F)cccc2F)COC1. The van der Waals surface area contributed by atoms with Gasteiger partial charge in [0.25, 0.3) is 0 Å². The lowest BCUT2D eigenvalue weighted by Crippen LogP contribution is -2.45. The van der Waals surface area contributed by atoms with Crippen molar-refractivity contribution in [2.24, 2.45) is 5.41 Å². The zero-order chi connectivity index (χ0) is 10.9. The third-order valence-electron chi connectivity index (χ3n) is 2.56. The first-order chi connectivity index (χ1) is 7.11. The molecular formula is C11H13F2NO. The Hall–Kier alpha value is -1.16. The van der Waals surface area contributed by atoms with Crippen molar-refractivity contribution < 1.29 is 13.5 Å². The van der Waals surface area contributed by atoms with E-state index in [1.807, 2.05) is 6.92 Å². The Morgan fingerprint density at radius 2 is 1.93 bits per heavy atom. The van der Waals surface area contributed by atoms with Crippen molar-refractivity contribution >= 4 is 5.69 Å². The number of anilines is 1. The van der Waals surface area contributed by atoms with Crippen LogP contribution in [-0.2, 0) is 4.74 Å². The fraction of sp³-hybridized carbons (Fsp3) is 0.455. The van der Waals surface area contributed by atoms with Crippen molar-refractivity contribution in [1.29, 1.82) is 0 Å². The fourth-order valence-corrected chi connectivity index (χ4v) is 1.52. The lowest BCUT2D eigenvalue weighted by Gasteiger charge is -2.38. The molecule has 0 aromatic heterocycles. The largest absolute Gasteiger partial charge is 0.380 e. The van der Waals surface area contributed by atoms with Crippen LogP contribution in [0.2, 0.25) is 0 Å². The van der Waals surface area contributed by atoms with Crippen LogP contribution in [-0.4, -0.2) is 19.8 Å². The fourth-order valence-electron chi connectivity index (χ4n) is 1.52. The number of benzene rings is 1. The van der Waals surface area contributed by atoms with Gasteiger partial charge in [0.15, 0.2) is 0 Å². The summed E-state index contributed by atoms with van der Waals surface area (Å²) in [6, 6.07) is 3.83. The molecule has 0 unspecified atom stereocenters. The molecule has 1 fully saturated rings. The summed E-state index contributed by atoms with van der Waals surface area (Å²) >= 11 is 0. The molecule has 4 heteroatoms. The van der Waals surface area contributed by atoms with Gasteiger partial charge in [0.05, 0.1) is 13.2 Å². The van der Waals surface area contributed by atoms with E-state index in [1.165, 1.54) is 18.2 Å². The highest BCUT2D eigenvalue weighted by molar-refractivity contribution is 5.46. The van der Waals surface area contributed by atoms with Crippen LogP contribution < -0.4 is 5.32 Å². The molecule has 0 aliphatic carbocycles. The molecule has 1 aromatic rings. The number of hydrogen-bond acceptors (Lipinski definition) is 2. The van der Waals surface area contributed by atoms with Crippen LogP contribution in [0.15, 0.2) is 18.2 Å². The summed E-state index contributed by atoms with van der Waals surface area (Å²) in [7, 11) is 0. The highest BCUT2D eigenvalue weighted by atomic mass is 19.1. The molecule has 2 nitrogen and oxygen atoms in total. The molecule has 1 N–H and O–H groups in total. The van der Waals surface area contributed by atoms with Crippen molar-refractivity contribution in [3.63, 3.8) is 0 Å². The highest BCUT2D eigenvalue weighted by Gasteiger charge is 2.33. The van der Waals surface area contributed by atoms with Crippen LogP contribution in [0.1, 0.15) is 6.92 Å². The van der Waals surface area contributed by atoms with E-state index in [0.717, 1.165) is 0 Å². The Morgan fingerprint density at radius 3 is 2.40 bits per heavy atom. The summed E-state index contributed by atoms with van der Waals surface area (Å²) in [5, 5.41) is 2.79. The van der Waals surface area contributed by atoms with E-state index in [4.69, 9.17) is 4.74 Å². The number of halogens is 2. The first kappa shape index (κ1) is 10.4. The molecule has 1 heterocycles. The predicted octanol–water partition coefficient (Wildman–Crippen LogP) is 2.41. The smallest absolute Gasteiger partial charge is 0.149 e. The van der Waals surface area contributed by atoms with Gasteiger partial charge in [-0.1, -0.05) is 13.0 Å². The summed E-state index contributed by atoms with van der Waals surface area (Å²) in [5.74, 6) is -1.11. The van der Waals surface area contributed by atoms with Gasteiger partial charge in [0.1, 0.15) is 17.3 Å². The van der Waals surface area contributed by atoms with Gasteiger partial charge in [0, 0.05) is 12.0 Å². The van der Waals surface area contributed by atoms with Crippen LogP contribution in [0, 0.1) is 17.0 Å². The molecule has 82 valence electrons. The molecule has 15 heavy (non-hydrogen) atoms. The van der Waals surface area contributed by atoms with Crippen LogP contribution >= 0.6 is 0 Å². The van der Waals surface area contributed by atoms with Gasteiger partial charge >= 0.3 is 0 Å². The second-order valence-corrected chi connectivity index (χ2v) is 4.25. The zero-order valence-corrected chi connectivity index (χ0v) is 8.52. The molecule has 1 aliphatic heterocycles. The maximum Gasteiger partial charge on any atom is 0.149 e. The molecule has 0 radical (unpaired) electrons. The molecule has 1 saturated heterocycles. The van der Waals surface area contributed by atoms with E-state index in [1.54, 1.807) is 0 Å². The van der Waals surface area contributed by atoms with Gasteiger partial charge in [-0.2, -0.15) is 0 Å². The van der Waals surface area contributed by atoms with E-state index in [0.29, 0.717) is 19.8 Å². The Kier molecular flexibility index (Phi) is 2.61. The third-order valence-corrected chi connectivity index (χ3v) is 2.56. The van der Waals surface area contributed by atoms with Gasteiger partial charge in [-0.05, 0) is 12.1 Å². The third kappa shape index (κ3) is 2.09. The number of nitrogens with one attached hydrogen (secondary N) is 1. The maximum atomic E-state index is 13.2. The van der Waals surface area contributed by atoms with Crippen molar-refractivity contribution in [3.05, 3.63) is 29.8 Å². The first-order valence-corrected chi connectivity index (χ1v) is 4.86. The Bertz CT molecular complexity index is 343. The lowest BCUT2D eigenvalue weighted by atomic mass is 9.88. The summed E-state index contributed by atoms with van der Waals surface area (Å²) in [6.45, 7) is 3.80. The van der Waals surface area contributed by atoms with Gasteiger partial charge in [-0.25, -0.2) is 8.78 Å². The minimum absolute atomic E-state index is 0.00524. The van der Waals surface area contributed by atoms with E-state index >= 15 is 0 Å². The molecule has 0 bridgehead atoms. The Balaban J connectivity index is 2.04. The van der Waals surface area contributed by atoms with E-state index < -0.39 is 11.6 Å². The number of rotatable bonds is 3. The van der Waals surface area contributed by atoms with Crippen molar-refractivity contribution in [1.82, 2.24) is 0 Å². The molecular weight excluding hydrogens is 200 g/mol. The monoisotopic (exact) mass is 213 g/mol. The minimum Gasteiger partial charge on any atom is -0.380 e. The number of ether oxygens (including phenoxy) is 1. The molecule has 0 saturated carbocycles.